The Bertz CT molecular complexity index is 457. The number of nitrogens with two attached hydrogens (primary N) is 2. The first-order chi connectivity index (χ1) is 7.38. The first-order valence-corrected chi connectivity index (χ1v) is 6.92. The highest BCUT2D eigenvalue weighted by molar-refractivity contribution is 7.92. The van der Waals surface area contributed by atoms with Crippen LogP contribution in [0, 0.1) is 0 Å². The summed E-state index contributed by atoms with van der Waals surface area (Å²) in [5.41, 5.74) is 12.9. The van der Waals surface area contributed by atoms with Crippen LogP contribution in [-0.2, 0) is 9.84 Å². The average molecular weight is 242 g/mol. The third-order valence-corrected chi connectivity index (χ3v) is 5.00. The number of hydrogen-bond acceptors (Lipinski definition) is 4. The highest BCUT2D eigenvalue weighted by atomic mass is 32.2. The van der Waals surface area contributed by atoms with Gasteiger partial charge in [0.25, 0.3) is 0 Å². The fourth-order valence-electron chi connectivity index (χ4n) is 1.52. The molecular formula is C11H18N2O2S. The minimum absolute atomic E-state index is 0.101. The van der Waals surface area contributed by atoms with Crippen molar-refractivity contribution in [3.8, 4) is 0 Å². The van der Waals surface area contributed by atoms with E-state index in [0.717, 1.165) is 5.56 Å². The zero-order valence-corrected chi connectivity index (χ0v) is 10.4. The van der Waals surface area contributed by atoms with Gasteiger partial charge in [-0.3, -0.25) is 0 Å². The van der Waals surface area contributed by atoms with Crippen molar-refractivity contribution < 1.29 is 8.42 Å². The summed E-state index contributed by atoms with van der Waals surface area (Å²) in [6.45, 7) is 3.25. The van der Waals surface area contributed by atoms with Crippen LogP contribution < -0.4 is 11.5 Å². The highest BCUT2D eigenvalue weighted by Gasteiger charge is 2.26. The van der Waals surface area contributed by atoms with E-state index >= 15 is 0 Å². The zero-order valence-electron chi connectivity index (χ0n) is 9.55. The molecule has 0 aliphatic rings. The van der Waals surface area contributed by atoms with Crippen molar-refractivity contribution in [2.24, 2.45) is 5.73 Å². The molecule has 1 aromatic rings. The van der Waals surface area contributed by atoms with Gasteiger partial charge in [-0.15, -0.1) is 0 Å². The van der Waals surface area contributed by atoms with Crippen LogP contribution in [0.4, 0.5) is 5.69 Å². The summed E-state index contributed by atoms with van der Waals surface area (Å²) in [5.74, 6) is 0.101. The predicted molar refractivity (Wildman–Crippen MR) is 66.7 cm³/mol. The molecule has 0 amide bonds. The lowest BCUT2D eigenvalue weighted by molar-refractivity contribution is 0.566. The third kappa shape index (κ3) is 2.74. The molecule has 0 aliphatic carbocycles. The maximum atomic E-state index is 11.7. The molecule has 1 rings (SSSR count). The monoisotopic (exact) mass is 242 g/mol. The van der Waals surface area contributed by atoms with Gasteiger partial charge in [0.05, 0.1) is 5.25 Å². The molecule has 4 nitrogen and oxygen atoms in total. The minimum Gasteiger partial charge on any atom is -0.399 e. The molecule has 0 radical (unpaired) electrons. The molecule has 4 N–H and O–H groups in total. The van der Waals surface area contributed by atoms with Crippen LogP contribution in [0.5, 0.6) is 0 Å². The van der Waals surface area contributed by atoms with E-state index in [9.17, 15) is 8.42 Å². The summed E-state index contributed by atoms with van der Waals surface area (Å²) in [6, 6.07) is 6.49. The van der Waals surface area contributed by atoms with Gasteiger partial charge in [-0.25, -0.2) is 8.42 Å². The van der Waals surface area contributed by atoms with Gasteiger partial charge in [-0.05, 0) is 24.6 Å². The molecule has 0 spiro atoms. The van der Waals surface area contributed by atoms with Gasteiger partial charge in [0.15, 0.2) is 9.84 Å². The lowest BCUT2D eigenvalue weighted by Crippen LogP contribution is -2.32. The Morgan fingerprint density at radius 1 is 1.38 bits per heavy atom. The van der Waals surface area contributed by atoms with Crippen molar-refractivity contribution in [1.29, 1.82) is 0 Å². The average Bonchev–Trinajstić information content (AvgIpc) is 2.27. The number of sulfone groups is 1. The number of nitrogen functional groups attached to an aromatic ring is 1. The van der Waals surface area contributed by atoms with E-state index < -0.39 is 21.1 Å². The van der Waals surface area contributed by atoms with Crippen molar-refractivity contribution >= 4 is 15.5 Å². The van der Waals surface area contributed by atoms with Crippen LogP contribution in [-0.4, -0.2) is 19.4 Å². The molecule has 1 aromatic carbocycles. The quantitative estimate of drug-likeness (QED) is 0.774. The Morgan fingerprint density at radius 2 is 2.00 bits per heavy atom. The predicted octanol–water partition coefficient (Wildman–Crippen LogP) is 1.09. The van der Waals surface area contributed by atoms with Crippen molar-refractivity contribution in [2.75, 3.05) is 11.5 Å². The molecule has 0 fully saturated rings. The molecule has 0 saturated heterocycles. The molecule has 2 atom stereocenters. The Labute approximate surface area is 96.6 Å². The summed E-state index contributed by atoms with van der Waals surface area (Å²) in [4.78, 5) is 0. The molecule has 0 saturated carbocycles. The highest BCUT2D eigenvalue weighted by Crippen LogP contribution is 2.21. The summed E-state index contributed by atoms with van der Waals surface area (Å²) < 4.78 is 23.4. The van der Waals surface area contributed by atoms with Crippen LogP contribution in [0.25, 0.3) is 0 Å². The number of hydrogen-bond donors (Lipinski definition) is 2. The molecule has 0 bridgehead atoms. The molecule has 0 heterocycles. The fraction of sp³-hybridized carbons (Fsp3) is 0.455. The van der Waals surface area contributed by atoms with Gasteiger partial charge in [-0.1, -0.05) is 19.1 Å². The van der Waals surface area contributed by atoms with Gasteiger partial charge in [0, 0.05) is 17.5 Å². The van der Waals surface area contributed by atoms with E-state index in [-0.39, 0.29) is 5.75 Å². The summed E-state index contributed by atoms with van der Waals surface area (Å²) in [6.07, 6.45) is 0. The van der Waals surface area contributed by atoms with Gasteiger partial charge >= 0.3 is 0 Å². The Hall–Kier alpha value is -1.07. The number of rotatable bonds is 4. The van der Waals surface area contributed by atoms with Gasteiger partial charge < -0.3 is 11.5 Å². The van der Waals surface area contributed by atoms with E-state index in [2.05, 4.69) is 0 Å². The molecule has 16 heavy (non-hydrogen) atoms. The maximum Gasteiger partial charge on any atom is 0.154 e. The molecule has 90 valence electrons. The van der Waals surface area contributed by atoms with E-state index in [1.165, 1.54) is 0 Å². The summed E-state index contributed by atoms with van der Waals surface area (Å²) in [7, 11) is -3.12. The fourth-order valence-corrected chi connectivity index (χ4v) is 2.65. The molecule has 0 aliphatic heterocycles. The Balaban J connectivity index is 2.99. The van der Waals surface area contributed by atoms with Crippen LogP contribution in [0.1, 0.15) is 25.5 Å². The number of anilines is 1. The minimum atomic E-state index is -3.12. The lowest BCUT2D eigenvalue weighted by Gasteiger charge is -2.20. The van der Waals surface area contributed by atoms with E-state index in [1.807, 2.05) is 0 Å². The SMILES string of the molecule is CCS(=O)(=O)C(C)C(N)c1cccc(N)c1. The van der Waals surface area contributed by atoms with Gasteiger partial charge in [0.2, 0.25) is 0 Å². The van der Waals surface area contributed by atoms with Crippen molar-refractivity contribution in [2.45, 2.75) is 25.1 Å². The summed E-state index contributed by atoms with van der Waals surface area (Å²) >= 11 is 0. The second-order valence-corrected chi connectivity index (χ2v) is 6.50. The maximum absolute atomic E-state index is 11.7. The Kier molecular flexibility index (Phi) is 3.93. The van der Waals surface area contributed by atoms with Crippen LogP contribution in [0.3, 0.4) is 0 Å². The third-order valence-electron chi connectivity index (χ3n) is 2.77. The van der Waals surface area contributed by atoms with Gasteiger partial charge in [-0.2, -0.15) is 0 Å². The molecule has 2 unspecified atom stereocenters. The van der Waals surface area contributed by atoms with Crippen molar-refractivity contribution in [3.63, 3.8) is 0 Å². The first-order valence-electron chi connectivity index (χ1n) is 5.21. The second kappa shape index (κ2) is 4.84. The summed E-state index contributed by atoms with van der Waals surface area (Å²) in [5, 5.41) is -0.598. The van der Waals surface area contributed by atoms with Crippen LogP contribution >= 0.6 is 0 Å². The normalized spacial score (nSPS) is 15.7. The van der Waals surface area contributed by atoms with Crippen LogP contribution in [0.15, 0.2) is 24.3 Å². The van der Waals surface area contributed by atoms with E-state index in [1.54, 1.807) is 38.1 Å². The number of benzene rings is 1. The molecule has 5 heteroatoms. The molecular weight excluding hydrogens is 224 g/mol. The smallest absolute Gasteiger partial charge is 0.154 e. The van der Waals surface area contributed by atoms with Gasteiger partial charge in [0.1, 0.15) is 0 Å². The largest absolute Gasteiger partial charge is 0.399 e. The second-order valence-electron chi connectivity index (χ2n) is 3.85. The van der Waals surface area contributed by atoms with Crippen molar-refractivity contribution in [1.82, 2.24) is 0 Å². The van der Waals surface area contributed by atoms with E-state index in [4.69, 9.17) is 11.5 Å². The lowest BCUT2D eigenvalue weighted by atomic mass is 10.0. The van der Waals surface area contributed by atoms with Crippen LogP contribution in [0.2, 0.25) is 0 Å². The zero-order chi connectivity index (χ0) is 12.3. The van der Waals surface area contributed by atoms with Crippen molar-refractivity contribution in [3.05, 3.63) is 29.8 Å². The molecule has 0 aromatic heterocycles. The Morgan fingerprint density at radius 3 is 2.50 bits per heavy atom. The topological polar surface area (TPSA) is 86.2 Å². The first kappa shape index (κ1) is 13.0. The standard InChI is InChI=1S/C11H18N2O2S/c1-3-16(14,15)8(2)11(13)9-5-4-6-10(12)7-9/h4-8,11H,3,12-13H2,1-2H3. The van der Waals surface area contributed by atoms with E-state index in [0.29, 0.717) is 5.69 Å².